The monoisotopic (exact) mass is 414 g/mol. The number of ether oxygens (including phenoxy) is 1. The Labute approximate surface area is 155 Å². The summed E-state index contributed by atoms with van der Waals surface area (Å²) in [5, 5.41) is 0.582. The summed E-state index contributed by atoms with van der Waals surface area (Å²) in [6.07, 6.45) is 6.36. The molecule has 0 N–H and O–H groups in total. The zero-order valence-corrected chi connectivity index (χ0v) is 15.8. The molecule has 0 spiro atoms. The summed E-state index contributed by atoms with van der Waals surface area (Å²) in [6, 6.07) is 0. The van der Waals surface area contributed by atoms with Crippen LogP contribution >= 0.6 is 27.5 Å². The molecule has 2 rings (SSSR count). The van der Waals surface area contributed by atoms with Gasteiger partial charge in [-0.05, 0) is 28.1 Å². The number of amides is 1. The number of aldehydes is 1. The van der Waals surface area contributed by atoms with Gasteiger partial charge in [-0.3, -0.25) is 9.59 Å². The number of likely N-dealkylation sites (tertiary alicyclic amines) is 1. The van der Waals surface area contributed by atoms with Crippen LogP contribution in [0.1, 0.15) is 6.42 Å². The molecule has 0 aromatic heterocycles. The Kier molecular flexibility index (Phi) is 6.69. The lowest BCUT2D eigenvalue weighted by molar-refractivity contribution is -0.132. The van der Waals surface area contributed by atoms with E-state index in [9.17, 15) is 9.59 Å². The van der Waals surface area contributed by atoms with E-state index >= 15 is 0 Å². The molecule has 0 saturated carbocycles. The van der Waals surface area contributed by atoms with Crippen molar-refractivity contribution < 1.29 is 14.3 Å². The Bertz CT molecular complexity index is 621. The van der Waals surface area contributed by atoms with Crippen molar-refractivity contribution in [3.8, 4) is 0 Å². The molecule has 0 unspecified atom stereocenters. The molecule has 0 atom stereocenters. The van der Waals surface area contributed by atoms with Crippen molar-refractivity contribution in [2.24, 2.45) is 5.92 Å². The molecule has 1 heterocycles. The van der Waals surface area contributed by atoms with Crippen LogP contribution in [0.2, 0.25) is 0 Å². The van der Waals surface area contributed by atoms with Crippen molar-refractivity contribution in [2.75, 3.05) is 33.3 Å². The lowest BCUT2D eigenvalue weighted by Crippen LogP contribution is -2.52. The highest BCUT2D eigenvalue weighted by Gasteiger charge is 2.30. The van der Waals surface area contributed by atoms with Crippen LogP contribution in [0.25, 0.3) is 0 Å². The lowest BCUT2D eigenvalue weighted by Gasteiger charge is -2.41. The fourth-order valence-corrected chi connectivity index (χ4v) is 3.18. The third-order valence-corrected chi connectivity index (χ3v) is 5.25. The van der Waals surface area contributed by atoms with Gasteiger partial charge < -0.3 is 14.5 Å². The Morgan fingerprint density at radius 1 is 1.58 bits per heavy atom. The average molecular weight is 416 g/mol. The molecular formula is C17H20BrClN2O3. The van der Waals surface area contributed by atoms with Gasteiger partial charge >= 0.3 is 0 Å². The average Bonchev–Trinajstić information content (AvgIpc) is 2.67. The maximum atomic E-state index is 11.5. The highest BCUT2D eigenvalue weighted by atomic mass is 79.9. The maximum Gasteiger partial charge on any atom is 0.245 e. The number of hydrogen-bond donors (Lipinski definition) is 0. The van der Waals surface area contributed by atoms with Gasteiger partial charge in [-0.1, -0.05) is 24.3 Å². The van der Waals surface area contributed by atoms with Gasteiger partial charge in [-0.25, -0.2) is 0 Å². The van der Waals surface area contributed by atoms with E-state index in [1.165, 1.54) is 6.08 Å². The third-order valence-electron chi connectivity index (χ3n) is 3.96. The summed E-state index contributed by atoms with van der Waals surface area (Å²) >= 11 is 9.69. The van der Waals surface area contributed by atoms with Crippen molar-refractivity contribution in [2.45, 2.75) is 6.42 Å². The van der Waals surface area contributed by atoms with Crippen LogP contribution in [0.3, 0.4) is 0 Å². The predicted molar refractivity (Wildman–Crippen MR) is 97.5 cm³/mol. The SMILES string of the molecule is C=CC(=O)N1CC(CN(C)C2=C(OCC=O)CC=C(Br)C(Cl)=C2)C1. The van der Waals surface area contributed by atoms with Crippen LogP contribution in [-0.2, 0) is 14.3 Å². The number of halogens is 2. The van der Waals surface area contributed by atoms with E-state index in [1.807, 2.05) is 19.2 Å². The van der Waals surface area contributed by atoms with Gasteiger partial charge in [0.25, 0.3) is 0 Å². The Morgan fingerprint density at radius 3 is 2.92 bits per heavy atom. The third kappa shape index (κ3) is 4.51. The van der Waals surface area contributed by atoms with E-state index in [-0.39, 0.29) is 12.5 Å². The Hall–Kier alpha value is -1.53. The molecule has 1 aliphatic heterocycles. The Morgan fingerprint density at radius 2 is 2.29 bits per heavy atom. The van der Waals surface area contributed by atoms with Crippen LogP contribution < -0.4 is 0 Å². The second-order valence-electron chi connectivity index (χ2n) is 5.73. The second kappa shape index (κ2) is 8.53. The number of hydrogen-bond acceptors (Lipinski definition) is 4. The number of likely N-dealkylation sites (N-methyl/N-ethyl adjacent to an activating group) is 1. The molecule has 1 aliphatic carbocycles. The highest BCUT2D eigenvalue weighted by Crippen LogP contribution is 2.31. The molecule has 0 aromatic carbocycles. The van der Waals surface area contributed by atoms with E-state index < -0.39 is 0 Å². The smallest absolute Gasteiger partial charge is 0.245 e. The second-order valence-corrected chi connectivity index (χ2v) is 6.99. The van der Waals surface area contributed by atoms with Gasteiger partial charge in [0, 0.05) is 43.5 Å². The van der Waals surface area contributed by atoms with Crippen LogP contribution in [0, 0.1) is 5.92 Å². The predicted octanol–water partition coefficient (Wildman–Crippen LogP) is 2.79. The first-order valence-corrected chi connectivity index (χ1v) is 8.78. The number of allylic oxidation sites excluding steroid dienone is 4. The summed E-state index contributed by atoms with van der Waals surface area (Å²) in [4.78, 5) is 26.0. The largest absolute Gasteiger partial charge is 0.488 e. The van der Waals surface area contributed by atoms with Crippen LogP contribution in [0.15, 0.2) is 45.8 Å². The van der Waals surface area contributed by atoms with E-state index in [1.54, 1.807) is 4.90 Å². The fourth-order valence-electron chi connectivity index (χ4n) is 2.72. The summed E-state index contributed by atoms with van der Waals surface area (Å²) in [6.45, 7) is 5.70. The van der Waals surface area contributed by atoms with E-state index in [0.717, 1.165) is 23.0 Å². The van der Waals surface area contributed by atoms with Crippen LogP contribution in [0.5, 0.6) is 0 Å². The zero-order chi connectivity index (χ0) is 17.7. The first-order chi connectivity index (χ1) is 11.5. The van der Waals surface area contributed by atoms with Crippen molar-refractivity contribution >= 4 is 39.7 Å². The first kappa shape index (κ1) is 18.8. The standard InChI is InChI=1S/C17H20BrClN2O3/c1-3-17(23)21-10-12(11-21)9-20(2)15-8-14(19)13(18)4-5-16(15)24-7-6-22/h3-4,6,8,12H,1,5,7,9-11H2,2H3. The lowest BCUT2D eigenvalue weighted by atomic mass is 9.99. The fraction of sp³-hybridized carbons (Fsp3) is 0.412. The van der Waals surface area contributed by atoms with E-state index in [4.69, 9.17) is 16.3 Å². The molecule has 24 heavy (non-hydrogen) atoms. The minimum absolute atomic E-state index is 0.00857. The van der Waals surface area contributed by atoms with Crippen molar-refractivity contribution in [3.05, 3.63) is 45.8 Å². The molecule has 1 saturated heterocycles. The van der Waals surface area contributed by atoms with Crippen molar-refractivity contribution in [1.82, 2.24) is 9.80 Å². The molecule has 2 aliphatic rings. The summed E-state index contributed by atoms with van der Waals surface area (Å²) in [7, 11) is 1.96. The maximum absolute atomic E-state index is 11.5. The molecule has 0 aromatic rings. The normalized spacial score (nSPS) is 18.2. The number of rotatable bonds is 7. The van der Waals surface area contributed by atoms with Gasteiger partial charge in [0.1, 0.15) is 12.4 Å². The van der Waals surface area contributed by atoms with Crippen molar-refractivity contribution in [1.29, 1.82) is 0 Å². The minimum Gasteiger partial charge on any atom is -0.488 e. The summed E-state index contributed by atoms with van der Waals surface area (Å²) < 4.78 is 6.37. The summed E-state index contributed by atoms with van der Waals surface area (Å²) in [5.41, 5.74) is 0.848. The van der Waals surface area contributed by atoms with Gasteiger partial charge in [0.05, 0.1) is 10.7 Å². The van der Waals surface area contributed by atoms with Gasteiger partial charge in [-0.15, -0.1) is 0 Å². The molecular weight excluding hydrogens is 396 g/mol. The molecule has 5 nitrogen and oxygen atoms in total. The zero-order valence-electron chi connectivity index (χ0n) is 13.5. The van der Waals surface area contributed by atoms with E-state index in [2.05, 4.69) is 27.4 Å². The highest BCUT2D eigenvalue weighted by molar-refractivity contribution is 9.12. The number of carbonyl (C=O) groups is 2. The summed E-state index contributed by atoms with van der Waals surface area (Å²) in [5.74, 6) is 1.05. The Balaban J connectivity index is 2.07. The van der Waals surface area contributed by atoms with E-state index in [0.29, 0.717) is 36.2 Å². The van der Waals surface area contributed by atoms with Crippen LogP contribution in [0.4, 0.5) is 0 Å². The van der Waals surface area contributed by atoms with Crippen molar-refractivity contribution in [3.63, 3.8) is 0 Å². The number of carbonyl (C=O) groups excluding carboxylic acids is 2. The molecule has 0 bridgehead atoms. The van der Waals surface area contributed by atoms with Gasteiger partial charge in [-0.2, -0.15) is 0 Å². The first-order valence-electron chi connectivity index (χ1n) is 7.61. The minimum atomic E-state index is -0.0336. The molecule has 1 amide bonds. The van der Waals surface area contributed by atoms with Gasteiger partial charge in [0.2, 0.25) is 5.91 Å². The van der Waals surface area contributed by atoms with Gasteiger partial charge in [0.15, 0.2) is 6.29 Å². The van der Waals surface area contributed by atoms with Crippen LogP contribution in [-0.4, -0.2) is 55.3 Å². The molecule has 0 radical (unpaired) electrons. The quantitative estimate of drug-likeness (QED) is 0.474. The molecule has 130 valence electrons. The number of nitrogens with zero attached hydrogens (tertiary/aromatic N) is 2. The topological polar surface area (TPSA) is 49.9 Å². The molecule has 7 heteroatoms. The molecule has 1 fully saturated rings.